The molecule has 1 heterocycles. The molecule has 1 unspecified atom stereocenters. The first-order chi connectivity index (χ1) is 14.0. The molecule has 0 radical (unpaired) electrons. The summed E-state index contributed by atoms with van der Waals surface area (Å²) in [6.07, 6.45) is 0.919. The third kappa shape index (κ3) is 2.43. The zero-order valence-electron chi connectivity index (χ0n) is 16.7. The number of rotatable bonds is 3. The molecule has 1 aliphatic carbocycles. The van der Waals surface area contributed by atoms with E-state index in [1.807, 2.05) is 62.4 Å². The van der Waals surface area contributed by atoms with E-state index in [1.54, 1.807) is 0 Å². The number of nitrogens with zero attached hydrogens (tertiary/aromatic N) is 1. The Morgan fingerprint density at radius 2 is 1.28 bits per heavy atom. The molecule has 5 rings (SSSR count). The maximum absolute atomic E-state index is 13.8. The molecule has 3 heteroatoms. The summed E-state index contributed by atoms with van der Waals surface area (Å²) in [5.41, 5.74) is 3.85. The van der Waals surface area contributed by atoms with Crippen LogP contribution in [0.15, 0.2) is 78.9 Å². The Kier molecular flexibility index (Phi) is 3.79. The molecule has 0 aromatic heterocycles. The Morgan fingerprint density at radius 3 is 1.79 bits per heavy atom. The van der Waals surface area contributed by atoms with Gasteiger partial charge in [-0.25, -0.2) is 4.90 Å². The van der Waals surface area contributed by atoms with Gasteiger partial charge in [0.1, 0.15) is 0 Å². The average Bonchev–Trinajstić information content (AvgIpc) is 3.32. The van der Waals surface area contributed by atoms with E-state index in [9.17, 15) is 9.59 Å². The number of carbonyl (C=O) groups is 2. The van der Waals surface area contributed by atoms with Gasteiger partial charge in [-0.3, -0.25) is 9.59 Å². The molecule has 0 bridgehead atoms. The number of anilines is 1. The van der Waals surface area contributed by atoms with Crippen LogP contribution in [-0.4, -0.2) is 11.8 Å². The summed E-state index contributed by atoms with van der Waals surface area (Å²) in [5, 5.41) is 0. The number of carbonyl (C=O) groups excluding carboxylic acids is 2. The SMILES string of the molecule is Cc1cc(C)cc(N2C(=O)CC3(CC3(c3ccccc3)c3ccccc3)C2=O)c1. The van der Waals surface area contributed by atoms with Gasteiger partial charge in [0.2, 0.25) is 11.8 Å². The molecule has 1 atom stereocenters. The maximum atomic E-state index is 13.8. The van der Waals surface area contributed by atoms with Crippen LogP contribution in [0.3, 0.4) is 0 Å². The van der Waals surface area contributed by atoms with E-state index >= 15 is 0 Å². The van der Waals surface area contributed by atoms with Crippen molar-refractivity contribution in [2.45, 2.75) is 32.1 Å². The van der Waals surface area contributed by atoms with Crippen molar-refractivity contribution < 1.29 is 9.59 Å². The number of imide groups is 1. The second kappa shape index (κ2) is 6.15. The van der Waals surface area contributed by atoms with Gasteiger partial charge in [-0.2, -0.15) is 0 Å². The molecule has 3 aromatic carbocycles. The summed E-state index contributed by atoms with van der Waals surface area (Å²) in [6.45, 7) is 3.99. The Labute approximate surface area is 171 Å². The van der Waals surface area contributed by atoms with E-state index in [4.69, 9.17) is 0 Å². The number of aryl methyl sites for hydroxylation is 2. The first-order valence-electron chi connectivity index (χ1n) is 10.0. The maximum Gasteiger partial charge on any atom is 0.241 e. The van der Waals surface area contributed by atoms with Crippen molar-refractivity contribution in [3.05, 3.63) is 101 Å². The van der Waals surface area contributed by atoms with Gasteiger partial charge < -0.3 is 0 Å². The number of hydrogen-bond acceptors (Lipinski definition) is 2. The minimum absolute atomic E-state index is 0.0693. The van der Waals surface area contributed by atoms with Crippen LogP contribution in [-0.2, 0) is 15.0 Å². The zero-order chi connectivity index (χ0) is 20.2. The molecule has 2 fully saturated rings. The van der Waals surface area contributed by atoms with Gasteiger partial charge in [-0.05, 0) is 54.7 Å². The molecular weight excluding hydrogens is 358 g/mol. The van der Waals surface area contributed by atoms with Gasteiger partial charge in [0, 0.05) is 11.8 Å². The molecule has 1 aliphatic heterocycles. The van der Waals surface area contributed by atoms with Gasteiger partial charge >= 0.3 is 0 Å². The van der Waals surface area contributed by atoms with Gasteiger partial charge in [0.25, 0.3) is 0 Å². The molecule has 1 saturated carbocycles. The van der Waals surface area contributed by atoms with Crippen LogP contribution in [0, 0.1) is 19.3 Å². The molecule has 3 aromatic rings. The van der Waals surface area contributed by atoms with Crippen LogP contribution in [0.5, 0.6) is 0 Å². The lowest BCUT2D eigenvalue weighted by Gasteiger charge is -2.23. The number of benzene rings is 3. The molecule has 144 valence electrons. The zero-order valence-corrected chi connectivity index (χ0v) is 16.7. The van der Waals surface area contributed by atoms with Gasteiger partial charge in [-0.15, -0.1) is 0 Å². The van der Waals surface area contributed by atoms with E-state index in [1.165, 1.54) is 4.90 Å². The molecule has 3 nitrogen and oxygen atoms in total. The van der Waals surface area contributed by atoms with E-state index in [2.05, 4.69) is 30.3 Å². The van der Waals surface area contributed by atoms with E-state index in [0.29, 0.717) is 12.1 Å². The third-order valence-electron chi connectivity index (χ3n) is 6.57. The van der Waals surface area contributed by atoms with Crippen LogP contribution in [0.25, 0.3) is 0 Å². The second-order valence-electron chi connectivity index (χ2n) is 8.45. The quantitative estimate of drug-likeness (QED) is 0.603. The fourth-order valence-corrected chi connectivity index (χ4v) is 5.33. The normalized spacial score (nSPS) is 22.3. The lowest BCUT2D eigenvalue weighted by molar-refractivity contribution is -0.123. The van der Waals surface area contributed by atoms with Crippen molar-refractivity contribution >= 4 is 17.5 Å². The van der Waals surface area contributed by atoms with Crippen molar-refractivity contribution in [1.82, 2.24) is 0 Å². The fourth-order valence-electron chi connectivity index (χ4n) is 5.33. The van der Waals surface area contributed by atoms with Crippen LogP contribution in [0.4, 0.5) is 5.69 Å². The lowest BCUT2D eigenvalue weighted by atomic mass is 9.79. The van der Waals surface area contributed by atoms with Crippen LogP contribution < -0.4 is 4.90 Å². The monoisotopic (exact) mass is 381 g/mol. The lowest BCUT2D eigenvalue weighted by Crippen LogP contribution is -2.33. The van der Waals surface area contributed by atoms with Gasteiger partial charge in [0.15, 0.2) is 0 Å². The molecule has 29 heavy (non-hydrogen) atoms. The van der Waals surface area contributed by atoms with Crippen molar-refractivity contribution in [3.8, 4) is 0 Å². The number of hydrogen-bond donors (Lipinski definition) is 0. The highest BCUT2D eigenvalue weighted by Gasteiger charge is 2.77. The molecular formula is C26H23NO2. The first kappa shape index (κ1) is 17.9. The van der Waals surface area contributed by atoms with Gasteiger partial charge in [-0.1, -0.05) is 66.7 Å². The molecule has 2 aliphatic rings. The van der Waals surface area contributed by atoms with Gasteiger partial charge in [0.05, 0.1) is 11.1 Å². The largest absolute Gasteiger partial charge is 0.274 e. The van der Waals surface area contributed by atoms with Crippen LogP contribution in [0.1, 0.15) is 35.1 Å². The molecule has 1 saturated heterocycles. The topological polar surface area (TPSA) is 37.4 Å². The third-order valence-corrected chi connectivity index (χ3v) is 6.57. The van der Waals surface area contributed by atoms with E-state index in [0.717, 1.165) is 22.3 Å². The number of amides is 2. The minimum atomic E-state index is -0.704. The fraction of sp³-hybridized carbons (Fsp3) is 0.231. The summed E-state index contributed by atoms with van der Waals surface area (Å²) in [5.74, 6) is -0.172. The average molecular weight is 381 g/mol. The predicted molar refractivity (Wildman–Crippen MR) is 114 cm³/mol. The molecule has 0 N–H and O–H groups in total. The standard InChI is InChI=1S/C26H23NO2/c1-18-13-19(2)15-22(14-18)27-23(28)16-25(24(27)29)17-26(25,20-9-5-3-6-10-20)21-11-7-4-8-12-21/h3-15H,16-17H2,1-2H3. The molecule has 2 amide bonds. The smallest absolute Gasteiger partial charge is 0.241 e. The Balaban J connectivity index is 1.64. The van der Waals surface area contributed by atoms with E-state index < -0.39 is 10.8 Å². The highest BCUT2D eigenvalue weighted by Crippen LogP contribution is 2.72. The Morgan fingerprint density at radius 1 is 0.759 bits per heavy atom. The van der Waals surface area contributed by atoms with Crippen LogP contribution in [0.2, 0.25) is 0 Å². The second-order valence-corrected chi connectivity index (χ2v) is 8.45. The van der Waals surface area contributed by atoms with E-state index in [-0.39, 0.29) is 18.2 Å². The predicted octanol–water partition coefficient (Wildman–Crippen LogP) is 4.94. The van der Waals surface area contributed by atoms with Crippen LogP contribution >= 0.6 is 0 Å². The van der Waals surface area contributed by atoms with Crippen molar-refractivity contribution in [2.24, 2.45) is 5.41 Å². The Bertz CT molecular complexity index is 1060. The van der Waals surface area contributed by atoms with Crippen molar-refractivity contribution in [2.75, 3.05) is 4.90 Å². The highest BCUT2D eigenvalue weighted by molar-refractivity contribution is 6.25. The molecule has 1 spiro atoms. The van der Waals surface area contributed by atoms with Crippen molar-refractivity contribution in [3.63, 3.8) is 0 Å². The highest BCUT2D eigenvalue weighted by atomic mass is 16.2. The summed E-state index contributed by atoms with van der Waals surface area (Å²) in [7, 11) is 0. The Hall–Kier alpha value is -3.20. The summed E-state index contributed by atoms with van der Waals surface area (Å²) in [4.78, 5) is 28.3. The minimum Gasteiger partial charge on any atom is -0.274 e. The summed E-state index contributed by atoms with van der Waals surface area (Å²) < 4.78 is 0. The summed E-state index contributed by atoms with van der Waals surface area (Å²) >= 11 is 0. The van der Waals surface area contributed by atoms with Crippen molar-refractivity contribution in [1.29, 1.82) is 0 Å². The summed E-state index contributed by atoms with van der Waals surface area (Å²) in [6, 6.07) is 26.2. The first-order valence-corrected chi connectivity index (χ1v) is 10.0.